The Bertz CT molecular complexity index is 1090. The fourth-order valence-electron chi connectivity index (χ4n) is 3.17. The third-order valence-electron chi connectivity index (χ3n) is 4.46. The molecule has 0 amide bonds. The summed E-state index contributed by atoms with van der Waals surface area (Å²) in [6.07, 6.45) is 0.994. The first-order valence-electron chi connectivity index (χ1n) is 8.18. The molecule has 2 aromatic heterocycles. The van der Waals surface area contributed by atoms with E-state index in [1.165, 1.54) is 10.9 Å². The Labute approximate surface area is 148 Å². The van der Waals surface area contributed by atoms with Crippen molar-refractivity contribution < 1.29 is 4.92 Å². The Balaban J connectivity index is 1.85. The van der Waals surface area contributed by atoms with Gasteiger partial charge in [0.15, 0.2) is 0 Å². The molecule has 0 atom stereocenters. The number of hydrogen-bond donors (Lipinski definition) is 0. The lowest BCUT2D eigenvalue weighted by Gasteiger charge is -2.07. The molecule has 0 bridgehead atoms. The minimum Gasteiger partial charge on any atom is -0.326 e. The summed E-state index contributed by atoms with van der Waals surface area (Å²) >= 11 is 1.69. The molecule has 2 aromatic carbocycles. The van der Waals surface area contributed by atoms with Crippen molar-refractivity contribution in [3.63, 3.8) is 0 Å². The molecule has 5 nitrogen and oxygen atoms in total. The van der Waals surface area contributed by atoms with E-state index in [9.17, 15) is 10.1 Å². The van der Waals surface area contributed by atoms with Crippen LogP contribution in [0, 0.1) is 17.0 Å². The van der Waals surface area contributed by atoms with Crippen molar-refractivity contribution in [3.05, 3.63) is 68.7 Å². The maximum atomic E-state index is 10.8. The summed E-state index contributed by atoms with van der Waals surface area (Å²) in [6.45, 7) is 4.85. The Morgan fingerprint density at radius 2 is 1.88 bits per heavy atom. The molecule has 4 aromatic rings. The molecule has 0 radical (unpaired) electrons. The predicted molar refractivity (Wildman–Crippen MR) is 101 cm³/mol. The van der Waals surface area contributed by atoms with Crippen molar-refractivity contribution in [2.24, 2.45) is 0 Å². The number of aryl methyl sites for hydroxylation is 2. The molecule has 25 heavy (non-hydrogen) atoms. The second-order valence-corrected chi connectivity index (χ2v) is 7.28. The molecule has 0 N–H and O–H groups in total. The van der Waals surface area contributed by atoms with Gasteiger partial charge in [-0.15, -0.1) is 11.3 Å². The van der Waals surface area contributed by atoms with Crippen molar-refractivity contribution in [2.75, 3.05) is 0 Å². The van der Waals surface area contributed by atoms with Crippen molar-refractivity contribution in [1.82, 2.24) is 9.55 Å². The molecule has 6 heteroatoms. The van der Waals surface area contributed by atoms with Gasteiger partial charge in [0, 0.05) is 24.1 Å². The van der Waals surface area contributed by atoms with Gasteiger partial charge in [-0.05, 0) is 36.6 Å². The Hall–Kier alpha value is -2.73. The minimum atomic E-state index is -0.369. The van der Waals surface area contributed by atoms with E-state index in [0.29, 0.717) is 6.54 Å². The molecular formula is C19H17N3O2S. The van der Waals surface area contributed by atoms with Gasteiger partial charge in [0.2, 0.25) is 0 Å². The van der Waals surface area contributed by atoms with Gasteiger partial charge in [-0.25, -0.2) is 4.98 Å². The standard InChI is InChI=1S/C19H17N3O2S/c1-3-13-6-9-17-16(10-13)18-19(25-12(2)20-18)21(17)11-14-4-7-15(8-5-14)22(23)24/h4-10H,3,11H2,1-2H3. The van der Waals surface area contributed by atoms with Crippen LogP contribution in [0.4, 0.5) is 5.69 Å². The van der Waals surface area contributed by atoms with Gasteiger partial charge in [-0.2, -0.15) is 0 Å². The lowest BCUT2D eigenvalue weighted by molar-refractivity contribution is -0.384. The summed E-state index contributed by atoms with van der Waals surface area (Å²) in [5, 5.41) is 13.1. The summed E-state index contributed by atoms with van der Waals surface area (Å²) in [5.74, 6) is 0. The Morgan fingerprint density at radius 1 is 1.16 bits per heavy atom. The molecule has 0 spiro atoms. The largest absolute Gasteiger partial charge is 0.326 e. The van der Waals surface area contributed by atoms with E-state index in [2.05, 4.69) is 29.7 Å². The lowest BCUT2D eigenvalue weighted by Crippen LogP contribution is -1.99. The van der Waals surface area contributed by atoms with Crippen LogP contribution < -0.4 is 0 Å². The predicted octanol–water partition coefficient (Wildman–Crippen LogP) is 5.08. The highest BCUT2D eigenvalue weighted by molar-refractivity contribution is 7.18. The number of nitrogens with zero attached hydrogens (tertiary/aromatic N) is 3. The van der Waals surface area contributed by atoms with Gasteiger partial charge in [0.1, 0.15) is 10.3 Å². The van der Waals surface area contributed by atoms with Gasteiger partial charge < -0.3 is 4.57 Å². The number of thiazole rings is 1. The summed E-state index contributed by atoms with van der Waals surface area (Å²) in [6, 6.07) is 13.3. The molecule has 0 saturated carbocycles. The third kappa shape index (κ3) is 2.68. The van der Waals surface area contributed by atoms with Gasteiger partial charge in [-0.1, -0.05) is 25.1 Å². The van der Waals surface area contributed by atoms with E-state index in [-0.39, 0.29) is 10.6 Å². The van der Waals surface area contributed by atoms with E-state index >= 15 is 0 Å². The fraction of sp³-hybridized carbons (Fsp3) is 0.211. The van der Waals surface area contributed by atoms with Crippen molar-refractivity contribution in [3.8, 4) is 0 Å². The quantitative estimate of drug-likeness (QED) is 0.380. The van der Waals surface area contributed by atoms with Crippen LogP contribution in [-0.4, -0.2) is 14.5 Å². The van der Waals surface area contributed by atoms with E-state index in [4.69, 9.17) is 4.98 Å². The summed E-state index contributed by atoms with van der Waals surface area (Å²) in [5.41, 5.74) is 4.66. The van der Waals surface area contributed by atoms with Gasteiger partial charge in [-0.3, -0.25) is 10.1 Å². The topological polar surface area (TPSA) is 61.0 Å². The molecule has 126 valence electrons. The highest BCUT2D eigenvalue weighted by Gasteiger charge is 2.15. The molecule has 0 aliphatic carbocycles. The molecule has 0 saturated heterocycles. The number of nitro benzene ring substituents is 1. The average molecular weight is 351 g/mol. The van der Waals surface area contributed by atoms with Gasteiger partial charge in [0.25, 0.3) is 5.69 Å². The first-order chi connectivity index (χ1) is 12.1. The average Bonchev–Trinajstić information content (AvgIpc) is 3.12. The normalized spacial score (nSPS) is 11.4. The lowest BCUT2D eigenvalue weighted by atomic mass is 10.1. The number of benzene rings is 2. The maximum Gasteiger partial charge on any atom is 0.269 e. The van der Waals surface area contributed by atoms with Crippen molar-refractivity contribution in [1.29, 1.82) is 0 Å². The van der Waals surface area contributed by atoms with Crippen molar-refractivity contribution in [2.45, 2.75) is 26.8 Å². The van der Waals surface area contributed by atoms with Crippen LogP contribution >= 0.6 is 11.3 Å². The first-order valence-corrected chi connectivity index (χ1v) is 9.00. The van der Waals surface area contributed by atoms with Crippen LogP contribution in [0.1, 0.15) is 23.1 Å². The highest BCUT2D eigenvalue weighted by atomic mass is 32.1. The zero-order valence-electron chi connectivity index (χ0n) is 14.0. The number of nitro groups is 1. The fourth-order valence-corrected chi connectivity index (χ4v) is 4.12. The zero-order chi connectivity index (χ0) is 17.6. The van der Waals surface area contributed by atoms with E-state index in [1.807, 2.05) is 19.1 Å². The number of fused-ring (bicyclic) bond motifs is 3. The van der Waals surface area contributed by atoms with Crippen LogP contribution in [-0.2, 0) is 13.0 Å². The molecule has 0 aliphatic rings. The zero-order valence-corrected chi connectivity index (χ0v) is 14.8. The minimum absolute atomic E-state index is 0.118. The smallest absolute Gasteiger partial charge is 0.269 e. The molecule has 4 rings (SSSR count). The maximum absolute atomic E-state index is 10.8. The number of rotatable bonds is 4. The molecule has 0 aliphatic heterocycles. The van der Waals surface area contributed by atoms with Crippen LogP contribution in [0.25, 0.3) is 21.3 Å². The number of hydrogen-bond acceptors (Lipinski definition) is 4. The third-order valence-corrected chi connectivity index (χ3v) is 5.46. The Morgan fingerprint density at radius 3 is 2.56 bits per heavy atom. The highest BCUT2D eigenvalue weighted by Crippen LogP contribution is 2.34. The summed E-state index contributed by atoms with van der Waals surface area (Å²) < 4.78 is 2.26. The first kappa shape index (κ1) is 15.8. The molecule has 0 fully saturated rings. The number of non-ortho nitro benzene ring substituents is 1. The monoisotopic (exact) mass is 351 g/mol. The van der Waals surface area contributed by atoms with E-state index < -0.39 is 0 Å². The van der Waals surface area contributed by atoms with Gasteiger partial charge in [0.05, 0.1) is 15.4 Å². The van der Waals surface area contributed by atoms with Crippen LogP contribution in [0.2, 0.25) is 0 Å². The summed E-state index contributed by atoms with van der Waals surface area (Å²) in [7, 11) is 0. The van der Waals surface area contributed by atoms with E-state index in [0.717, 1.165) is 32.9 Å². The van der Waals surface area contributed by atoms with Crippen LogP contribution in [0.15, 0.2) is 42.5 Å². The van der Waals surface area contributed by atoms with Crippen molar-refractivity contribution >= 4 is 38.3 Å². The molecule has 0 unspecified atom stereocenters. The second-order valence-electron chi connectivity index (χ2n) is 6.10. The Kier molecular flexibility index (Phi) is 3.77. The molecule has 2 heterocycles. The summed E-state index contributed by atoms with van der Waals surface area (Å²) in [4.78, 5) is 16.3. The SMILES string of the molecule is CCc1ccc2c(c1)c1nc(C)sc1n2Cc1ccc([N+](=O)[O-])cc1. The van der Waals surface area contributed by atoms with Gasteiger partial charge >= 0.3 is 0 Å². The van der Waals surface area contributed by atoms with Crippen LogP contribution in [0.5, 0.6) is 0 Å². The number of aromatic nitrogens is 2. The second kappa shape index (κ2) is 5.97. The van der Waals surface area contributed by atoms with Crippen LogP contribution in [0.3, 0.4) is 0 Å². The van der Waals surface area contributed by atoms with E-state index in [1.54, 1.807) is 23.5 Å². The molecular weight excluding hydrogens is 334 g/mol.